The predicted molar refractivity (Wildman–Crippen MR) is 66.8 cm³/mol. The van der Waals surface area contributed by atoms with Crippen LogP contribution in [0.4, 0.5) is 0 Å². The van der Waals surface area contributed by atoms with Crippen molar-refractivity contribution in [3.63, 3.8) is 0 Å². The standard InChI is InChI=1S/C13H18ClNO/c1-8(9-3-4-9)13(15)10-5-6-11(14)12(7-10)16-2/h5-9,13H,3-4,15H2,1-2H3. The second-order valence-electron chi connectivity index (χ2n) is 4.62. The molecular formula is C13H18ClNO. The van der Waals surface area contributed by atoms with Crippen LogP contribution in [0.25, 0.3) is 0 Å². The molecule has 2 N–H and O–H groups in total. The van der Waals surface area contributed by atoms with Crippen LogP contribution in [0.1, 0.15) is 31.4 Å². The number of methoxy groups -OCH3 is 1. The molecule has 0 amide bonds. The smallest absolute Gasteiger partial charge is 0.137 e. The number of hydrogen-bond donors (Lipinski definition) is 1. The molecule has 2 nitrogen and oxygen atoms in total. The summed E-state index contributed by atoms with van der Waals surface area (Å²) in [5.41, 5.74) is 7.37. The maximum atomic E-state index is 6.25. The Kier molecular flexibility index (Phi) is 3.41. The predicted octanol–water partition coefficient (Wildman–Crippen LogP) is 3.39. The third-order valence-corrected chi connectivity index (χ3v) is 3.80. The maximum absolute atomic E-state index is 6.25. The van der Waals surface area contributed by atoms with Crippen LogP contribution in [0.5, 0.6) is 5.75 Å². The molecule has 2 atom stereocenters. The summed E-state index contributed by atoms with van der Waals surface area (Å²) in [7, 11) is 1.63. The normalized spacial score (nSPS) is 19.2. The van der Waals surface area contributed by atoms with E-state index >= 15 is 0 Å². The Morgan fingerprint density at radius 3 is 2.69 bits per heavy atom. The number of ether oxygens (including phenoxy) is 1. The summed E-state index contributed by atoms with van der Waals surface area (Å²) >= 11 is 5.99. The first-order chi connectivity index (χ1) is 7.63. The quantitative estimate of drug-likeness (QED) is 0.874. The summed E-state index contributed by atoms with van der Waals surface area (Å²) in [5, 5.41) is 0.637. The molecule has 88 valence electrons. The molecule has 0 spiro atoms. The topological polar surface area (TPSA) is 35.2 Å². The van der Waals surface area contributed by atoms with Gasteiger partial charge in [-0.3, -0.25) is 0 Å². The summed E-state index contributed by atoms with van der Waals surface area (Å²) in [5.74, 6) is 2.04. The van der Waals surface area contributed by atoms with Gasteiger partial charge in [-0.2, -0.15) is 0 Å². The SMILES string of the molecule is COc1cc(C(N)C(C)C2CC2)ccc1Cl. The molecule has 2 rings (SSSR count). The van der Waals surface area contributed by atoms with Gasteiger partial charge in [-0.05, 0) is 42.4 Å². The zero-order chi connectivity index (χ0) is 11.7. The average Bonchev–Trinajstić information content (AvgIpc) is 3.11. The summed E-state index contributed by atoms with van der Waals surface area (Å²) in [6.07, 6.45) is 2.64. The molecule has 0 aromatic heterocycles. The lowest BCUT2D eigenvalue weighted by Crippen LogP contribution is -2.20. The Morgan fingerprint density at radius 1 is 1.44 bits per heavy atom. The molecule has 0 bridgehead atoms. The Hall–Kier alpha value is -0.730. The van der Waals surface area contributed by atoms with Gasteiger partial charge < -0.3 is 10.5 Å². The van der Waals surface area contributed by atoms with Gasteiger partial charge in [0.15, 0.2) is 0 Å². The molecule has 1 aromatic rings. The molecule has 3 heteroatoms. The van der Waals surface area contributed by atoms with E-state index in [-0.39, 0.29) is 6.04 Å². The first-order valence-corrected chi connectivity index (χ1v) is 6.10. The van der Waals surface area contributed by atoms with Crippen molar-refractivity contribution in [3.8, 4) is 5.75 Å². The molecule has 0 saturated heterocycles. The van der Waals surface area contributed by atoms with Crippen LogP contribution < -0.4 is 10.5 Å². The lowest BCUT2D eigenvalue weighted by Gasteiger charge is -2.20. The second-order valence-corrected chi connectivity index (χ2v) is 5.02. The first-order valence-electron chi connectivity index (χ1n) is 5.72. The number of hydrogen-bond acceptors (Lipinski definition) is 2. The number of rotatable bonds is 4. The van der Waals surface area contributed by atoms with Gasteiger partial charge in [0.05, 0.1) is 12.1 Å². The van der Waals surface area contributed by atoms with Crippen LogP contribution >= 0.6 is 11.6 Å². The minimum Gasteiger partial charge on any atom is -0.495 e. The molecule has 1 saturated carbocycles. The van der Waals surface area contributed by atoms with Gasteiger partial charge in [0.1, 0.15) is 5.75 Å². The second kappa shape index (κ2) is 4.64. The van der Waals surface area contributed by atoms with E-state index in [1.807, 2.05) is 18.2 Å². The molecular weight excluding hydrogens is 222 g/mol. The Morgan fingerprint density at radius 2 is 2.12 bits per heavy atom. The molecule has 1 fully saturated rings. The minimum atomic E-state index is 0.0821. The van der Waals surface area contributed by atoms with Crippen LogP contribution in [-0.4, -0.2) is 7.11 Å². The van der Waals surface area contributed by atoms with Crippen LogP contribution in [0.3, 0.4) is 0 Å². The third-order valence-electron chi connectivity index (χ3n) is 3.49. The fraction of sp³-hybridized carbons (Fsp3) is 0.538. The average molecular weight is 240 g/mol. The highest BCUT2D eigenvalue weighted by Crippen LogP contribution is 2.42. The number of benzene rings is 1. The van der Waals surface area contributed by atoms with Gasteiger partial charge in [0, 0.05) is 6.04 Å². The van der Waals surface area contributed by atoms with E-state index in [1.54, 1.807) is 7.11 Å². The molecule has 0 aliphatic heterocycles. The maximum Gasteiger partial charge on any atom is 0.137 e. The first kappa shape index (κ1) is 11.7. The van der Waals surface area contributed by atoms with Crippen molar-refractivity contribution in [1.29, 1.82) is 0 Å². The van der Waals surface area contributed by atoms with Crippen LogP contribution in [0, 0.1) is 11.8 Å². The zero-order valence-electron chi connectivity index (χ0n) is 9.74. The summed E-state index contributed by atoms with van der Waals surface area (Å²) in [6.45, 7) is 2.23. The molecule has 1 aromatic carbocycles. The Bertz CT molecular complexity index is 376. The van der Waals surface area contributed by atoms with Crippen LogP contribution in [-0.2, 0) is 0 Å². The van der Waals surface area contributed by atoms with E-state index in [0.717, 1.165) is 11.5 Å². The van der Waals surface area contributed by atoms with Gasteiger partial charge in [-0.15, -0.1) is 0 Å². The highest BCUT2D eigenvalue weighted by molar-refractivity contribution is 6.32. The molecule has 1 aliphatic carbocycles. The van der Waals surface area contributed by atoms with Crippen molar-refractivity contribution in [2.75, 3.05) is 7.11 Å². The van der Waals surface area contributed by atoms with E-state index < -0.39 is 0 Å². The van der Waals surface area contributed by atoms with Crippen molar-refractivity contribution in [1.82, 2.24) is 0 Å². The highest BCUT2D eigenvalue weighted by atomic mass is 35.5. The lowest BCUT2D eigenvalue weighted by atomic mass is 9.91. The van der Waals surface area contributed by atoms with E-state index in [0.29, 0.717) is 16.7 Å². The molecule has 16 heavy (non-hydrogen) atoms. The van der Waals surface area contributed by atoms with Gasteiger partial charge in [0.2, 0.25) is 0 Å². The van der Waals surface area contributed by atoms with Gasteiger partial charge in [-0.25, -0.2) is 0 Å². The Labute approximate surface area is 102 Å². The van der Waals surface area contributed by atoms with Crippen molar-refractivity contribution in [2.45, 2.75) is 25.8 Å². The van der Waals surface area contributed by atoms with Crippen molar-refractivity contribution in [2.24, 2.45) is 17.6 Å². The highest BCUT2D eigenvalue weighted by Gasteiger charge is 2.32. The Balaban J connectivity index is 2.18. The van der Waals surface area contributed by atoms with E-state index in [9.17, 15) is 0 Å². The molecule has 2 unspecified atom stereocenters. The minimum absolute atomic E-state index is 0.0821. The van der Waals surface area contributed by atoms with Gasteiger partial charge in [0.25, 0.3) is 0 Å². The monoisotopic (exact) mass is 239 g/mol. The molecule has 0 radical (unpaired) electrons. The van der Waals surface area contributed by atoms with Crippen LogP contribution in [0.15, 0.2) is 18.2 Å². The summed E-state index contributed by atoms with van der Waals surface area (Å²) < 4.78 is 5.20. The van der Waals surface area contributed by atoms with Crippen molar-refractivity contribution in [3.05, 3.63) is 28.8 Å². The van der Waals surface area contributed by atoms with Crippen LogP contribution in [0.2, 0.25) is 5.02 Å². The number of nitrogens with two attached hydrogens (primary N) is 1. The molecule has 0 heterocycles. The largest absolute Gasteiger partial charge is 0.495 e. The summed E-state index contributed by atoms with van der Waals surface area (Å²) in [6, 6.07) is 5.88. The fourth-order valence-corrected chi connectivity index (χ4v) is 2.30. The fourth-order valence-electron chi connectivity index (χ4n) is 2.10. The van der Waals surface area contributed by atoms with Gasteiger partial charge in [-0.1, -0.05) is 24.6 Å². The van der Waals surface area contributed by atoms with E-state index in [2.05, 4.69) is 6.92 Å². The third kappa shape index (κ3) is 2.33. The van der Waals surface area contributed by atoms with E-state index in [4.69, 9.17) is 22.1 Å². The lowest BCUT2D eigenvalue weighted by molar-refractivity contribution is 0.403. The summed E-state index contributed by atoms with van der Waals surface area (Å²) in [4.78, 5) is 0. The zero-order valence-corrected chi connectivity index (χ0v) is 10.5. The number of halogens is 1. The van der Waals surface area contributed by atoms with E-state index in [1.165, 1.54) is 12.8 Å². The van der Waals surface area contributed by atoms with Crippen molar-refractivity contribution < 1.29 is 4.74 Å². The van der Waals surface area contributed by atoms with Gasteiger partial charge >= 0.3 is 0 Å². The van der Waals surface area contributed by atoms with Crippen molar-refractivity contribution >= 4 is 11.6 Å². The molecule has 1 aliphatic rings.